The van der Waals surface area contributed by atoms with E-state index in [2.05, 4.69) is 20.7 Å². The molecule has 32 heavy (non-hydrogen) atoms. The van der Waals surface area contributed by atoms with Crippen LogP contribution < -0.4 is 5.32 Å². The molecule has 2 fully saturated rings. The van der Waals surface area contributed by atoms with Crippen molar-refractivity contribution < 1.29 is 24.7 Å². The van der Waals surface area contributed by atoms with Crippen LogP contribution in [0.15, 0.2) is 39.8 Å². The molecule has 0 aliphatic carbocycles. The number of thioether (sulfide) groups is 2. The normalized spacial score (nSPS) is 25.1. The van der Waals surface area contributed by atoms with E-state index in [-0.39, 0.29) is 35.0 Å². The largest absolute Gasteiger partial charge is 0.481 e. The van der Waals surface area contributed by atoms with Crippen LogP contribution >= 0.6 is 34.9 Å². The first-order chi connectivity index (χ1) is 15.3. The van der Waals surface area contributed by atoms with Crippen LogP contribution in [0.25, 0.3) is 0 Å². The molecule has 2 aliphatic heterocycles. The summed E-state index contributed by atoms with van der Waals surface area (Å²) in [5, 5.41) is 33.3. The van der Waals surface area contributed by atoms with Crippen molar-refractivity contribution in [1.82, 2.24) is 20.4 Å². The first-order valence-corrected chi connectivity index (χ1v) is 12.4. The lowest BCUT2D eigenvalue weighted by molar-refractivity contribution is -0.157. The Morgan fingerprint density at radius 2 is 2.09 bits per heavy atom. The minimum atomic E-state index is -1.13. The number of nitrogens with zero attached hydrogens (tertiary/aromatic N) is 4. The lowest BCUT2D eigenvalue weighted by Gasteiger charge is -2.53. The van der Waals surface area contributed by atoms with E-state index >= 15 is 0 Å². The number of fused-ring (bicyclic) bond motifs is 1. The van der Waals surface area contributed by atoms with Crippen molar-refractivity contribution in [2.75, 3.05) is 18.1 Å². The molecule has 0 radical (unpaired) electrons. The summed E-state index contributed by atoms with van der Waals surface area (Å²) in [6.07, 6.45) is 0. The topological polar surface area (TPSA) is 145 Å². The summed E-state index contributed by atoms with van der Waals surface area (Å²) in [6, 6.07) is 7.61. The summed E-state index contributed by atoms with van der Waals surface area (Å²) in [5.74, 6) is -1.46. The Balaban J connectivity index is 1.41. The van der Waals surface area contributed by atoms with Gasteiger partial charge in [0.2, 0.25) is 5.91 Å². The number of benzene rings is 1. The predicted octanol–water partition coefficient (Wildman–Crippen LogP) is 1.29. The highest BCUT2D eigenvalue weighted by Crippen LogP contribution is 2.44. The van der Waals surface area contributed by atoms with E-state index in [0.29, 0.717) is 9.90 Å². The third kappa shape index (κ3) is 4.19. The zero-order valence-electron chi connectivity index (χ0n) is 16.8. The lowest BCUT2D eigenvalue weighted by Crippen LogP contribution is -2.74. The number of carbonyl (C=O) groups excluding carboxylic acids is 2. The number of hydrogen-bond donors (Lipinski definition) is 3. The first kappa shape index (κ1) is 22.6. The van der Waals surface area contributed by atoms with Gasteiger partial charge in [-0.2, -0.15) is 0 Å². The Kier molecular flexibility index (Phi) is 6.40. The van der Waals surface area contributed by atoms with Crippen molar-refractivity contribution in [3.8, 4) is 0 Å². The average Bonchev–Trinajstić information content (AvgIpc) is 3.22. The van der Waals surface area contributed by atoms with Gasteiger partial charge >= 0.3 is 5.97 Å². The smallest absolute Gasteiger partial charge is 0.313 e. The molecule has 0 saturated carbocycles. The van der Waals surface area contributed by atoms with E-state index in [4.69, 9.17) is 0 Å². The van der Waals surface area contributed by atoms with Crippen LogP contribution in [0.3, 0.4) is 0 Å². The van der Waals surface area contributed by atoms with Gasteiger partial charge in [-0.15, -0.1) is 22.0 Å². The van der Waals surface area contributed by atoms with Crippen molar-refractivity contribution in [1.29, 1.82) is 0 Å². The van der Waals surface area contributed by atoms with Crippen LogP contribution in [0.2, 0.25) is 0 Å². The minimum Gasteiger partial charge on any atom is -0.481 e. The fourth-order valence-corrected chi connectivity index (χ4v) is 7.16. The molecule has 168 valence electrons. The van der Waals surface area contributed by atoms with E-state index in [0.717, 1.165) is 5.01 Å². The predicted molar refractivity (Wildman–Crippen MR) is 120 cm³/mol. The van der Waals surface area contributed by atoms with Gasteiger partial charge in [0, 0.05) is 23.6 Å². The monoisotopic (exact) mass is 493 g/mol. The Morgan fingerprint density at radius 1 is 1.34 bits per heavy atom. The molecule has 0 spiro atoms. The summed E-state index contributed by atoms with van der Waals surface area (Å²) in [7, 11) is 0. The summed E-state index contributed by atoms with van der Waals surface area (Å²) in [4.78, 5) is 38.9. The molecule has 2 unspecified atom stereocenters. The van der Waals surface area contributed by atoms with E-state index in [1.807, 2.05) is 6.92 Å². The van der Waals surface area contributed by atoms with Crippen LogP contribution in [0.4, 0.5) is 0 Å². The molecule has 0 bridgehead atoms. The first-order valence-electron chi connectivity index (χ1n) is 9.51. The van der Waals surface area contributed by atoms with Gasteiger partial charge in [0.05, 0.1) is 0 Å². The van der Waals surface area contributed by atoms with Gasteiger partial charge in [0.15, 0.2) is 10.1 Å². The molecule has 2 saturated heterocycles. The number of aliphatic carboxylic acids is 1. The molecule has 13 heteroatoms. The third-order valence-corrected chi connectivity index (χ3v) is 9.08. The maximum atomic E-state index is 12.7. The Morgan fingerprint density at radius 3 is 2.72 bits per heavy atom. The highest BCUT2D eigenvalue weighted by molar-refractivity contribution is 8.01. The van der Waals surface area contributed by atoms with Gasteiger partial charge in [-0.1, -0.05) is 58.6 Å². The number of amides is 2. The highest BCUT2D eigenvalue weighted by Gasteiger charge is 2.57. The van der Waals surface area contributed by atoms with Crippen LogP contribution in [-0.4, -0.2) is 78.4 Å². The van der Waals surface area contributed by atoms with Crippen LogP contribution in [0, 0.1) is 12.3 Å². The SMILES string of the molecule is Cc1nnc(SCC2(C(=O)O)CS[C@@H]3C(NC(=O)C(=NO)c4ccccc4)C(=O)N3C2)s1. The fraction of sp³-hybridized carbons (Fsp3) is 0.368. The molecule has 3 N–H and O–H groups in total. The Hall–Kier alpha value is -2.64. The van der Waals surface area contributed by atoms with E-state index < -0.39 is 23.3 Å². The van der Waals surface area contributed by atoms with Crippen LogP contribution in [0.5, 0.6) is 0 Å². The molecule has 3 atom stereocenters. The number of rotatable bonds is 7. The summed E-state index contributed by atoms with van der Waals surface area (Å²) < 4.78 is 0.687. The second-order valence-electron chi connectivity index (χ2n) is 7.39. The van der Waals surface area contributed by atoms with Gasteiger partial charge in [-0.05, 0) is 6.92 Å². The number of oxime groups is 1. The molecule has 1 aromatic carbocycles. The quantitative estimate of drug-likeness (QED) is 0.171. The van der Waals surface area contributed by atoms with Gasteiger partial charge < -0.3 is 20.5 Å². The summed E-state index contributed by atoms with van der Waals surface area (Å²) in [5.41, 5.74) is -0.903. The third-order valence-electron chi connectivity index (χ3n) is 5.23. The molecule has 2 aromatic rings. The van der Waals surface area contributed by atoms with Crippen molar-refractivity contribution in [3.63, 3.8) is 0 Å². The van der Waals surface area contributed by atoms with Gasteiger partial charge in [0.1, 0.15) is 21.8 Å². The summed E-state index contributed by atoms with van der Waals surface area (Å²) >= 11 is 4.03. The molecule has 4 rings (SSSR count). The highest BCUT2D eigenvalue weighted by atomic mass is 32.2. The zero-order valence-corrected chi connectivity index (χ0v) is 19.2. The van der Waals surface area contributed by atoms with E-state index in [1.54, 1.807) is 30.3 Å². The maximum absolute atomic E-state index is 12.7. The second-order valence-corrected chi connectivity index (χ2v) is 10.9. The van der Waals surface area contributed by atoms with Crippen molar-refractivity contribution >= 4 is 58.4 Å². The number of carboxylic acids is 1. The fourth-order valence-electron chi connectivity index (χ4n) is 3.48. The zero-order chi connectivity index (χ0) is 22.9. The second kappa shape index (κ2) is 9.08. The number of carbonyl (C=O) groups is 3. The number of nitrogens with one attached hydrogen (secondary N) is 1. The molecule has 2 aliphatic rings. The van der Waals surface area contributed by atoms with E-state index in [9.17, 15) is 24.7 Å². The molecular formula is C19H19N5O5S3. The number of aromatic nitrogens is 2. The molecule has 2 amide bonds. The number of aryl methyl sites for hydroxylation is 1. The van der Waals surface area contributed by atoms with Gasteiger partial charge in [0.25, 0.3) is 5.91 Å². The van der Waals surface area contributed by atoms with Crippen molar-refractivity contribution in [2.45, 2.75) is 22.7 Å². The average molecular weight is 494 g/mol. The molecule has 1 aromatic heterocycles. The number of hydrogen-bond acceptors (Lipinski definition) is 10. The molecule has 10 nitrogen and oxygen atoms in total. The van der Waals surface area contributed by atoms with Crippen molar-refractivity contribution in [2.24, 2.45) is 10.6 Å². The van der Waals surface area contributed by atoms with Crippen LogP contribution in [-0.2, 0) is 14.4 Å². The number of carboxylic acid groups (broad SMARTS) is 1. The lowest BCUT2D eigenvalue weighted by atomic mass is 9.89. The maximum Gasteiger partial charge on any atom is 0.313 e. The standard InChI is InChI=1S/C19H19N5O5S3/c1-10-21-22-18(32-10)31-9-19(17(27)28)7-24-15(26)13(16(24)30-8-19)20-14(25)12(23-29)11-5-3-2-4-6-11/h2-6,13,16,29H,7-9H2,1H3,(H,20,25)(H,27,28)/t13?,16-,19?/m1/s1. The number of β-lactam (4-membered cyclic amide) rings is 1. The molecular weight excluding hydrogens is 474 g/mol. The van der Waals surface area contributed by atoms with E-state index in [1.165, 1.54) is 39.8 Å². The molecule has 3 heterocycles. The Bertz CT molecular complexity index is 1080. The van der Waals surface area contributed by atoms with Crippen molar-refractivity contribution in [3.05, 3.63) is 40.9 Å². The van der Waals surface area contributed by atoms with Gasteiger partial charge in [-0.3, -0.25) is 14.4 Å². The van der Waals surface area contributed by atoms with Gasteiger partial charge in [-0.25, -0.2) is 0 Å². The van der Waals surface area contributed by atoms with Crippen LogP contribution in [0.1, 0.15) is 10.6 Å². The summed E-state index contributed by atoms with van der Waals surface area (Å²) in [6.45, 7) is 1.88. The minimum absolute atomic E-state index is 0.0512. The Labute approximate surface area is 195 Å².